The number of nitrogens with two attached hydrogens (primary N) is 1. The van der Waals surface area contributed by atoms with Gasteiger partial charge < -0.3 is 0 Å². The predicted molar refractivity (Wildman–Crippen MR) is 77.2 cm³/mol. The van der Waals surface area contributed by atoms with Crippen LogP contribution in [0.2, 0.25) is 0 Å². The molecule has 0 amide bonds. The van der Waals surface area contributed by atoms with Gasteiger partial charge in [-0.2, -0.15) is 11.8 Å². The van der Waals surface area contributed by atoms with Crippen molar-refractivity contribution in [1.82, 2.24) is 14.7 Å². The first kappa shape index (κ1) is 16.2. The van der Waals surface area contributed by atoms with Crippen molar-refractivity contribution in [1.29, 1.82) is 0 Å². The van der Waals surface area contributed by atoms with Crippen LogP contribution in [-0.4, -0.2) is 35.9 Å². The van der Waals surface area contributed by atoms with E-state index in [2.05, 4.69) is 27.0 Å². The minimum Gasteiger partial charge on any atom is -0.292 e. The highest BCUT2D eigenvalue weighted by Crippen LogP contribution is 2.10. The summed E-state index contributed by atoms with van der Waals surface area (Å²) >= 11 is 1.78. The molecule has 0 spiro atoms. The van der Waals surface area contributed by atoms with E-state index in [1.165, 1.54) is 12.4 Å². The zero-order valence-electron chi connectivity index (χ0n) is 11.0. The standard InChI is InChI=1S/C10H19N5O2S2/c1-3-18-5-4-8(2)15-19(16,17)9-6-12-10(14-11)13-7-9/h6-8,15H,3-5,11H2,1-2H3,(H,12,13,14). The van der Waals surface area contributed by atoms with E-state index in [1.54, 1.807) is 11.8 Å². The summed E-state index contributed by atoms with van der Waals surface area (Å²) in [5, 5.41) is 0. The number of thioether (sulfide) groups is 1. The fraction of sp³-hybridized carbons (Fsp3) is 0.600. The Morgan fingerprint density at radius 2 is 2.05 bits per heavy atom. The van der Waals surface area contributed by atoms with Crippen molar-refractivity contribution < 1.29 is 8.42 Å². The first-order valence-corrected chi connectivity index (χ1v) is 8.52. The monoisotopic (exact) mass is 305 g/mol. The van der Waals surface area contributed by atoms with Crippen LogP contribution in [0.4, 0.5) is 5.95 Å². The lowest BCUT2D eigenvalue weighted by Crippen LogP contribution is -2.33. The van der Waals surface area contributed by atoms with E-state index in [0.717, 1.165) is 17.9 Å². The van der Waals surface area contributed by atoms with Crippen LogP contribution in [0.3, 0.4) is 0 Å². The second-order valence-corrected chi connectivity index (χ2v) is 7.00. The summed E-state index contributed by atoms with van der Waals surface area (Å²) in [6.07, 6.45) is 3.22. The van der Waals surface area contributed by atoms with Crippen molar-refractivity contribution in [3.63, 3.8) is 0 Å². The molecular formula is C10H19N5O2S2. The van der Waals surface area contributed by atoms with Crippen LogP contribution in [0.1, 0.15) is 20.3 Å². The fourth-order valence-corrected chi connectivity index (χ4v) is 3.30. The van der Waals surface area contributed by atoms with Crippen LogP contribution in [0, 0.1) is 0 Å². The molecule has 0 aromatic carbocycles. The van der Waals surface area contributed by atoms with Crippen LogP contribution < -0.4 is 16.0 Å². The van der Waals surface area contributed by atoms with Crippen LogP contribution in [0.25, 0.3) is 0 Å². The van der Waals surface area contributed by atoms with Gasteiger partial charge in [0.15, 0.2) is 0 Å². The van der Waals surface area contributed by atoms with Gasteiger partial charge in [0.25, 0.3) is 0 Å². The summed E-state index contributed by atoms with van der Waals surface area (Å²) < 4.78 is 26.6. The molecular weight excluding hydrogens is 286 g/mol. The Hall–Kier alpha value is -0.900. The molecule has 0 fully saturated rings. The SMILES string of the molecule is CCSCCC(C)NS(=O)(=O)c1cnc(NN)nc1. The van der Waals surface area contributed by atoms with Gasteiger partial charge in [-0.05, 0) is 24.9 Å². The minimum absolute atomic E-state index is 0.0292. The number of aromatic nitrogens is 2. The number of hydrogen-bond acceptors (Lipinski definition) is 7. The first-order valence-electron chi connectivity index (χ1n) is 5.88. The number of hydrogen-bond donors (Lipinski definition) is 3. The molecule has 1 heterocycles. The number of nitrogens with zero attached hydrogens (tertiary/aromatic N) is 2. The molecule has 0 saturated carbocycles. The highest BCUT2D eigenvalue weighted by molar-refractivity contribution is 7.99. The van der Waals surface area contributed by atoms with Crippen LogP contribution in [0.15, 0.2) is 17.3 Å². The van der Waals surface area contributed by atoms with Gasteiger partial charge >= 0.3 is 0 Å². The Kier molecular flexibility index (Phi) is 6.49. The topological polar surface area (TPSA) is 110 Å². The fourth-order valence-electron chi connectivity index (χ4n) is 1.33. The molecule has 0 bridgehead atoms. The van der Waals surface area contributed by atoms with E-state index in [-0.39, 0.29) is 16.9 Å². The van der Waals surface area contributed by atoms with E-state index in [1.807, 2.05) is 6.92 Å². The van der Waals surface area contributed by atoms with Crippen LogP contribution >= 0.6 is 11.8 Å². The molecule has 1 aromatic rings. The van der Waals surface area contributed by atoms with Gasteiger partial charge in [-0.25, -0.2) is 29.0 Å². The van der Waals surface area contributed by atoms with E-state index >= 15 is 0 Å². The molecule has 0 saturated heterocycles. The number of anilines is 1. The van der Waals surface area contributed by atoms with Gasteiger partial charge in [-0.3, -0.25) is 5.43 Å². The van der Waals surface area contributed by atoms with Crippen molar-refractivity contribution in [2.45, 2.75) is 31.2 Å². The molecule has 1 rings (SSSR count). The Balaban J connectivity index is 2.63. The lowest BCUT2D eigenvalue weighted by Gasteiger charge is -2.13. The third-order valence-electron chi connectivity index (χ3n) is 2.32. The molecule has 1 unspecified atom stereocenters. The maximum Gasteiger partial charge on any atom is 0.243 e. The van der Waals surface area contributed by atoms with Gasteiger partial charge in [-0.15, -0.1) is 0 Å². The molecule has 0 radical (unpaired) electrons. The quantitative estimate of drug-likeness (QED) is 0.366. The average molecular weight is 305 g/mol. The maximum absolute atomic E-state index is 12.0. The minimum atomic E-state index is -3.57. The van der Waals surface area contributed by atoms with Crippen molar-refractivity contribution in [2.24, 2.45) is 5.84 Å². The Morgan fingerprint density at radius 1 is 1.42 bits per heavy atom. The normalized spacial score (nSPS) is 13.2. The van der Waals surface area contributed by atoms with Gasteiger partial charge in [0.05, 0.1) is 12.4 Å². The predicted octanol–water partition coefficient (Wildman–Crippen LogP) is 0.572. The van der Waals surface area contributed by atoms with Crippen molar-refractivity contribution in [3.05, 3.63) is 12.4 Å². The van der Waals surface area contributed by atoms with Gasteiger partial charge in [0, 0.05) is 6.04 Å². The number of nitrogen functional groups attached to an aromatic ring is 1. The van der Waals surface area contributed by atoms with E-state index in [4.69, 9.17) is 5.84 Å². The Morgan fingerprint density at radius 3 is 2.58 bits per heavy atom. The lowest BCUT2D eigenvalue weighted by atomic mass is 10.3. The third kappa shape index (κ3) is 5.31. The zero-order valence-corrected chi connectivity index (χ0v) is 12.6. The number of rotatable bonds is 8. The number of sulfonamides is 1. The average Bonchev–Trinajstić information content (AvgIpc) is 2.38. The maximum atomic E-state index is 12.0. The summed E-state index contributed by atoms with van der Waals surface area (Å²) in [6.45, 7) is 3.91. The summed E-state index contributed by atoms with van der Waals surface area (Å²) in [5.41, 5.74) is 2.24. The lowest BCUT2D eigenvalue weighted by molar-refractivity contribution is 0.556. The molecule has 9 heteroatoms. The largest absolute Gasteiger partial charge is 0.292 e. The van der Waals surface area contributed by atoms with Crippen molar-refractivity contribution in [2.75, 3.05) is 16.9 Å². The zero-order chi connectivity index (χ0) is 14.3. The number of nitrogens with one attached hydrogen (secondary N) is 2. The second-order valence-electron chi connectivity index (χ2n) is 3.89. The van der Waals surface area contributed by atoms with Gasteiger partial charge in [-0.1, -0.05) is 6.92 Å². The smallest absolute Gasteiger partial charge is 0.243 e. The van der Waals surface area contributed by atoms with E-state index in [9.17, 15) is 8.42 Å². The third-order valence-corrected chi connectivity index (χ3v) is 4.80. The van der Waals surface area contributed by atoms with Crippen molar-refractivity contribution >= 4 is 27.7 Å². The molecule has 0 aliphatic heterocycles. The first-order chi connectivity index (χ1) is 8.99. The molecule has 0 aliphatic carbocycles. The summed E-state index contributed by atoms with van der Waals surface area (Å²) in [6, 6.07) is -0.128. The van der Waals surface area contributed by atoms with Gasteiger partial charge in [0.2, 0.25) is 16.0 Å². The highest BCUT2D eigenvalue weighted by atomic mass is 32.2. The molecule has 1 atom stereocenters. The van der Waals surface area contributed by atoms with Crippen molar-refractivity contribution in [3.8, 4) is 0 Å². The molecule has 0 aliphatic rings. The summed E-state index contributed by atoms with van der Waals surface area (Å²) in [5.74, 6) is 7.24. The molecule has 7 nitrogen and oxygen atoms in total. The molecule has 1 aromatic heterocycles. The van der Waals surface area contributed by atoms with E-state index in [0.29, 0.717) is 0 Å². The van der Waals surface area contributed by atoms with Crippen LogP contribution in [-0.2, 0) is 10.0 Å². The second kappa shape index (κ2) is 7.63. The van der Waals surface area contributed by atoms with E-state index < -0.39 is 10.0 Å². The molecule has 108 valence electrons. The van der Waals surface area contributed by atoms with Gasteiger partial charge in [0.1, 0.15) is 4.90 Å². The Bertz CT molecular complexity index is 477. The summed E-state index contributed by atoms with van der Waals surface area (Å²) in [7, 11) is -3.57. The Labute approximate surface area is 117 Å². The molecule has 19 heavy (non-hydrogen) atoms. The number of hydrazine groups is 1. The molecule has 4 N–H and O–H groups in total. The highest BCUT2D eigenvalue weighted by Gasteiger charge is 2.18. The summed E-state index contributed by atoms with van der Waals surface area (Å²) in [4.78, 5) is 7.58. The van der Waals surface area contributed by atoms with Crippen LogP contribution in [0.5, 0.6) is 0 Å².